The average molecular weight is 231 g/mol. The first-order valence-electron chi connectivity index (χ1n) is 5.69. The Morgan fingerprint density at radius 1 is 1.12 bits per heavy atom. The average Bonchev–Trinajstić information content (AvgIpc) is 2.61. The van der Waals surface area contributed by atoms with Crippen LogP contribution in [0.3, 0.4) is 0 Å². The fourth-order valence-electron chi connectivity index (χ4n) is 1.67. The minimum absolute atomic E-state index is 0.504. The van der Waals surface area contributed by atoms with E-state index in [9.17, 15) is 0 Å². The van der Waals surface area contributed by atoms with E-state index in [-0.39, 0.29) is 0 Å². The summed E-state index contributed by atoms with van der Waals surface area (Å²) in [6.07, 6.45) is 0. The first kappa shape index (κ1) is 11.7. The molecule has 0 radical (unpaired) electrons. The molecule has 0 amide bonds. The minimum atomic E-state index is 0.504. The highest BCUT2D eigenvalue weighted by molar-refractivity contribution is 5.34. The van der Waals surface area contributed by atoms with Crippen LogP contribution in [0, 0.1) is 27.7 Å². The van der Waals surface area contributed by atoms with Gasteiger partial charge in [-0.15, -0.1) is 0 Å². The van der Waals surface area contributed by atoms with Gasteiger partial charge in [-0.25, -0.2) is 0 Å². The molecule has 0 atom stereocenters. The molecule has 3 nitrogen and oxygen atoms in total. The molecule has 0 saturated carbocycles. The summed E-state index contributed by atoms with van der Waals surface area (Å²) in [7, 11) is 0. The molecule has 0 saturated heterocycles. The molecule has 0 aliphatic heterocycles. The number of aryl methyl sites for hydroxylation is 4. The first-order valence-corrected chi connectivity index (χ1v) is 5.69. The molecule has 0 bridgehead atoms. The number of benzene rings is 1. The van der Waals surface area contributed by atoms with Crippen molar-refractivity contribution in [2.45, 2.75) is 34.3 Å². The summed E-state index contributed by atoms with van der Waals surface area (Å²) < 4.78 is 10.8. The Labute approximate surface area is 101 Å². The molecular weight excluding hydrogens is 214 g/mol. The molecule has 0 fully saturated rings. The fourth-order valence-corrected chi connectivity index (χ4v) is 1.67. The molecule has 2 aromatic rings. The van der Waals surface area contributed by atoms with E-state index in [2.05, 4.69) is 25.1 Å². The van der Waals surface area contributed by atoms with Gasteiger partial charge in [-0.3, -0.25) is 0 Å². The maximum atomic E-state index is 5.75. The second kappa shape index (κ2) is 4.62. The summed E-state index contributed by atoms with van der Waals surface area (Å²) in [4.78, 5) is 0. The predicted octanol–water partition coefficient (Wildman–Crippen LogP) is 3.49. The number of hydrogen-bond acceptors (Lipinski definition) is 3. The van der Waals surface area contributed by atoms with Crippen LogP contribution in [-0.2, 0) is 6.61 Å². The first-order chi connectivity index (χ1) is 8.08. The highest BCUT2D eigenvalue weighted by atomic mass is 16.5. The van der Waals surface area contributed by atoms with Crippen LogP contribution < -0.4 is 4.74 Å². The van der Waals surface area contributed by atoms with E-state index < -0.39 is 0 Å². The summed E-state index contributed by atoms with van der Waals surface area (Å²) in [6.45, 7) is 8.50. The van der Waals surface area contributed by atoms with Crippen molar-refractivity contribution < 1.29 is 9.26 Å². The van der Waals surface area contributed by atoms with Crippen LogP contribution >= 0.6 is 0 Å². The summed E-state index contributed by atoms with van der Waals surface area (Å²) in [5.74, 6) is 1.71. The number of nitrogens with zero attached hydrogens (tertiary/aromatic N) is 1. The Hall–Kier alpha value is -1.77. The second-order valence-corrected chi connectivity index (χ2v) is 4.34. The van der Waals surface area contributed by atoms with Gasteiger partial charge in [0.1, 0.15) is 18.1 Å². The molecule has 2 rings (SSSR count). The van der Waals surface area contributed by atoms with Crippen molar-refractivity contribution in [1.29, 1.82) is 0 Å². The van der Waals surface area contributed by atoms with Gasteiger partial charge in [-0.2, -0.15) is 0 Å². The van der Waals surface area contributed by atoms with E-state index in [1.54, 1.807) is 0 Å². The maximum absolute atomic E-state index is 5.75. The zero-order valence-corrected chi connectivity index (χ0v) is 10.7. The van der Waals surface area contributed by atoms with Crippen molar-refractivity contribution in [3.8, 4) is 5.75 Å². The van der Waals surface area contributed by atoms with Crippen molar-refractivity contribution in [1.82, 2.24) is 5.16 Å². The Bertz CT molecular complexity index is 510. The van der Waals surface area contributed by atoms with Crippen molar-refractivity contribution in [3.05, 3.63) is 46.3 Å². The summed E-state index contributed by atoms with van der Waals surface area (Å²) in [6, 6.07) is 6.10. The van der Waals surface area contributed by atoms with Gasteiger partial charge in [0.2, 0.25) is 0 Å². The SMILES string of the molecule is Cc1ccc(OCc2c(C)noc2C)cc1C. The molecule has 1 aromatic carbocycles. The molecule has 90 valence electrons. The lowest BCUT2D eigenvalue weighted by Crippen LogP contribution is -1.98. The molecule has 0 N–H and O–H groups in total. The number of aromatic nitrogens is 1. The third-order valence-corrected chi connectivity index (χ3v) is 3.04. The molecular formula is C14H17NO2. The Morgan fingerprint density at radius 3 is 2.47 bits per heavy atom. The normalized spacial score (nSPS) is 10.6. The summed E-state index contributed by atoms with van der Waals surface area (Å²) >= 11 is 0. The monoisotopic (exact) mass is 231 g/mol. The quantitative estimate of drug-likeness (QED) is 0.811. The summed E-state index contributed by atoms with van der Waals surface area (Å²) in [5.41, 5.74) is 4.44. The van der Waals surface area contributed by atoms with Gasteiger partial charge in [-0.05, 0) is 51.0 Å². The lowest BCUT2D eigenvalue weighted by molar-refractivity contribution is 0.301. The van der Waals surface area contributed by atoms with E-state index in [1.165, 1.54) is 11.1 Å². The van der Waals surface area contributed by atoms with E-state index >= 15 is 0 Å². The van der Waals surface area contributed by atoms with E-state index in [0.717, 1.165) is 22.8 Å². The van der Waals surface area contributed by atoms with Crippen molar-refractivity contribution >= 4 is 0 Å². The minimum Gasteiger partial charge on any atom is -0.489 e. The van der Waals surface area contributed by atoms with Gasteiger partial charge in [-0.1, -0.05) is 11.2 Å². The standard InChI is InChI=1S/C14H17NO2/c1-9-5-6-13(7-10(9)2)16-8-14-11(3)15-17-12(14)4/h5-7H,8H2,1-4H3. The topological polar surface area (TPSA) is 35.3 Å². The zero-order chi connectivity index (χ0) is 12.4. The molecule has 1 aromatic heterocycles. The Balaban J connectivity index is 2.10. The smallest absolute Gasteiger partial charge is 0.140 e. The van der Waals surface area contributed by atoms with E-state index in [4.69, 9.17) is 9.26 Å². The van der Waals surface area contributed by atoms with Gasteiger partial charge >= 0.3 is 0 Å². The van der Waals surface area contributed by atoms with Crippen LogP contribution in [0.1, 0.15) is 28.1 Å². The zero-order valence-electron chi connectivity index (χ0n) is 10.7. The van der Waals surface area contributed by atoms with Gasteiger partial charge in [0.25, 0.3) is 0 Å². The lowest BCUT2D eigenvalue weighted by atomic mass is 10.1. The molecule has 0 aliphatic rings. The van der Waals surface area contributed by atoms with Gasteiger partial charge in [0, 0.05) is 0 Å². The Morgan fingerprint density at radius 2 is 1.88 bits per heavy atom. The third kappa shape index (κ3) is 2.49. The maximum Gasteiger partial charge on any atom is 0.140 e. The molecule has 17 heavy (non-hydrogen) atoms. The van der Waals surface area contributed by atoms with Crippen LogP contribution in [0.25, 0.3) is 0 Å². The highest BCUT2D eigenvalue weighted by Crippen LogP contribution is 2.19. The largest absolute Gasteiger partial charge is 0.489 e. The molecule has 0 unspecified atom stereocenters. The van der Waals surface area contributed by atoms with Gasteiger partial charge in [0.05, 0.1) is 11.3 Å². The van der Waals surface area contributed by atoms with Crippen LogP contribution in [0.5, 0.6) is 5.75 Å². The lowest BCUT2D eigenvalue weighted by Gasteiger charge is -2.07. The van der Waals surface area contributed by atoms with E-state index in [0.29, 0.717) is 6.61 Å². The van der Waals surface area contributed by atoms with Crippen molar-refractivity contribution in [3.63, 3.8) is 0 Å². The van der Waals surface area contributed by atoms with Crippen molar-refractivity contribution in [2.75, 3.05) is 0 Å². The van der Waals surface area contributed by atoms with Crippen LogP contribution in [0.15, 0.2) is 22.7 Å². The molecule has 1 heterocycles. The van der Waals surface area contributed by atoms with E-state index in [1.807, 2.05) is 26.0 Å². The van der Waals surface area contributed by atoms with Crippen LogP contribution in [0.2, 0.25) is 0 Å². The van der Waals surface area contributed by atoms with Gasteiger partial charge in [0.15, 0.2) is 0 Å². The van der Waals surface area contributed by atoms with Crippen molar-refractivity contribution in [2.24, 2.45) is 0 Å². The van der Waals surface area contributed by atoms with Crippen LogP contribution in [0.4, 0.5) is 0 Å². The predicted molar refractivity (Wildman–Crippen MR) is 66.2 cm³/mol. The number of hydrogen-bond donors (Lipinski definition) is 0. The second-order valence-electron chi connectivity index (χ2n) is 4.34. The highest BCUT2D eigenvalue weighted by Gasteiger charge is 2.09. The van der Waals surface area contributed by atoms with Crippen LogP contribution in [-0.4, -0.2) is 5.16 Å². The van der Waals surface area contributed by atoms with Gasteiger partial charge < -0.3 is 9.26 Å². The third-order valence-electron chi connectivity index (χ3n) is 3.04. The number of ether oxygens (including phenoxy) is 1. The fraction of sp³-hybridized carbons (Fsp3) is 0.357. The molecule has 0 spiro atoms. The molecule has 0 aliphatic carbocycles. The summed E-state index contributed by atoms with van der Waals surface area (Å²) in [5, 5.41) is 3.91. The Kier molecular flexibility index (Phi) is 3.18. The number of rotatable bonds is 3. The molecule has 3 heteroatoms.